The van der Waals surface area contributed by atoms with Crippen LogP contribution in [0.1, 0.15) is 22.4 Å². The molecule has 0 atom stereocenters. The van der Waals surface area contributed by atoms with Gasteiger partial charge in [0.1, 0.15) is 5.82 Å². The van der Waals surface area contributed by atoms with Gasteiger partial charge in [0, 0.05) is 25.3 Å². The minimum atomic E-state index is 0.823. The fourth-order valence-electron chi connectivity index (χ4n) is 2.29. The fourth-order valence-corrected chi connectivity index (χ4v) is 2.29. The van der Waals surface area contributed by atoms with Crippen LogP contribution in [0, 0.1) is 6.92 Å². The number of hydrogen-bond donors (Lipinski definition) is 2. The van der Waals surface area contributed by atoms with E-state index in [0.717, 1.165) is 31.1 Å². The van der Waals surface area contributed by atoms with Crippen molar-refractivity contribution >= 4 is 5.82 Å². The SMILES string of the molecule is Cc1cccc(NCc2ccc3c(c2)CNC3)n1. The highest BCUT2D eigenvalue weighted by molar-refractivity contribution is 5.39. The van der Waals surface area contributed by atoms with Crippen molar-refractivity contribution in [2.24, 2.45) is 0 Å². The van der Waals surface area contributed by atoms with Gasteiger partial charge in [-0.05, 0) is 35.7 Å². The molecule has 3 nitrogen and oxygen atoms in total. The van der Waals surface area contributed by atoms with Gasteiger partial charge in [-0.15, -0.1) is 0 Å². The summed E-state index contributed by atoms with van der Waals surface area (Å²) in [5, 5.41) is 6.72. The number of nitrogens with one attached hydrogen (secondary N) is 2. The molecule has 0 radical (unpaired) electrons. The molecule has 0 bridgehead atoms. The number of aryl methyl sites for hydroxylation is 1. The summed E-state index contributed by atoms with van der Waals surface area (Å²) in [5.41, 5.74) is 5.19. The Morgan fingerprint density at radius 2 is 2.06 bits per heavy atom. The molecule has 18 heavy (non-hydrogen) atoms. The maximum absolute atomic E-state index is 4.44. The normalized spacial score (nSPS) is 13.4. The number of rotatable bonds is 3. The molecule has 3 rings (SSSR count). The molecule has 0 saturated carbocycles. The first kappa shape index (κ1) is 11.2. The second-order valence-corrected chi connectivity index (χ2v) is 4.72. The molecule has 0 aliphatic carbocycles. The number of fused-ring (bicyclic) bond motifs is 1. The lowest BCUT2D eigenvalue weighted by Crippen LogP contribution is -2.02. The zero-order valence-electron chi connectivity index (χ0n) is 10.5. The van der Waals surface area contributed by atoms with Crippen molar-refractivity contribution in [3.05, 3.63) is 58.8 Å². The van der Waals surface area contributed by atoms with Crippen LogP contribution < -0.4 is 10.6 Å². The Morgan fingerprint density at radius 1 is 1.17 bits per heavy atom. The van der Waals surface area contributed by atoms with Gasteiger partial charge in [0.25, 0.3) is 0 Å². The van der Waals surface area contributed by atoms with Crippen LogP contribution in [0.4, 0.5) is 5.82 Å². The minimum absolute atomic E-state index is 0.823. The molecule has 2 heterocycles. The van der Waals surface area contributed by atoms with E-state index in [4.69, 9.17) is 0 Å². The van der Waals surface area contributed by atoms with E-state index in [1.807, 2.05) is 25.1 Å². The third-order valence-corrected chi connectivity index (χ3v) is 3.26. The van der Waals surface area contributed by atoms with Crippen molar-refractivity contribution in [3.63, 3.8) is 0 Å². The van der Waals surface area contributed by atoms with E-state index < -0.39 is 0 Å². The summed E-state index contributed by atoms with van der Waals surface area (Å²) < 4.78 is 0. The van der Waals surface area contributed by atoms with E-state index in [0.29, 0.717) is 0 Å². The van der Waals surface area contributed by atoms with Crippen LogP contribution in [0.15, 0.2) is 36.4 Å². The van der Waals surface area contributed by atoms with E-state index in [-0.39, 0.29) is 0 Å². The van der Waals surface area contributed by atoms with Crippen LogP contribution in [0.5, 0.6) is 0 Å². The average molecular weight is 239 g/mol. The van der Waals surface area contributed by atoms with Gasteiger partial charge in [-0.1, -0.05) is 24.3 Å². The molecule has 92 valence electrons. The Labute approximate surface area is 107 Å². The van der Waals surface area contributed by atoms with Gasteiger partial charge < -0.3 is 10.6 Å². The molecule has 3 heteroatoms. The first-order valence-electron chi connectivity index (χ1n) is 6.30. The van der Waals surface area contributed by atoms with Gasteiger partial charge in [-0.2, -0.15) is 0 Å². The molecule has 1 aromatic carbocycles. The van der Waals surface area contributed by atoms with Gasteiger partial charge in [-0.25, -0.2) is 4.98 Å². The van der Waals surface area contributed by atoms with Gasteiger partial charge >= 0.3 is 0 Å². The van der Waals surface area contributed by atoms with Crippen molar-refractivity contribution in [1.29, 1.82) is 0 Å². The maximum Gasteiger partial charge on any atom is 0.126 e. The Morgan fingerprint density at radius 3 is 2.94 bits per heavy atom. The third kappa shape index (κ3) is 2.36. The van der Waals surface area contributed by atoms with E-state index in [9.17, 15) is 0 Å². The molecule has 0 unspecified atom stereocenters. The number of aromatic nitrogens is 1. The molecule has 0 amide bonds. The second-order valence-electron chi connectivity index (χ2n) is 4.72. The second kappa shape index (κ2) is 4.78. The summed E-state index contributed by atoms with van der Waals surface area (Å²) in [6.07, 6.45) is 0. The number of nitrogens with zero attached hydrogens (tertiary/aromatic N) is 1. The average Bonchev–Trinajstić information content (AvgIpc) is 2.84. The predicted molar refractivity (Wildman–Crippen MR) is 73.3 cm³/mol. The summed E-state index contributed by atoms with van der Waals surface area (Å²) in [6.45, 7) is 4.82. The summed E-state index contributed by atoms with van der Waals surface area (Å²) >= 11 is 0. The highest BCUT2D eigenvalue weighted by Gasteiger charge is 2.09. The van der Waals surface area contributed by atoms with Gasteiger partial charge in [0.2, 0.25) is 0 Å². The molecule has 0 fully saturated rings. The largest absolute Gasteiger partial charge is 0.366 e. The van der Waals surface area contributed by atoms with E-state index >= 15 is 0 Å². The van der Waals surface area contributed by atoms with Crippen molar-refractivity contribution in [3.8, 4) is 0 Å². The fraction of sp³-hybridized carbons (Fsp3) is 0.267. The van der Waals surface area contributed by atoms with Crippen LogP contribution in [-0.4, -0.2) is 4.98 Å². The molecular formula is C15H17N3. The Balaban J connectivity index is 1.70. The van der Waals surface area contributed by atoms with E-state index in [1.54, 1.807) is 0 Å². The first-order valence-corrected chi connectivity index (χ1v) is 6.30. The topological polar surface area (TPSA) is 37.0 Å². The molecule has 2 N–H and O–H groups in total. The number of anilines is 1. The Hall–Kier alpha value is -1.87. The zero-order chi connectivity index (χ0) is 12.4. The first-order chi connectivity index (χ1) is 8.81. The Bertz CT molecular complexity index is 563. The molecule has 0 spiro atoms. The molecule has 1 aliphatic heterocycles. The predicted octanol–water partition coefficient (Wildman–Crippen LogP) is 2.61. The van der Waals surface area contributed by atoms with Crippen LogP contribution in [0.25, 0.3) is 0 Å². The number of hydrogen-bond acceptors (Lipinski definition) is 3. The van der Waals surface area contributed by atoms with Crippen LogP contribution in [0.2, 0.25) is 0 Å². The molecular weight excluding hydrogens is 222 g/mol. The smallest absolute Gasteiger partial charge is 0.126 e. The lowest BCUT2D eigenvalue weighted by atomic mass is 10.1. The summed E-state index contributed by atoms with van der Waals surface area (Å²) in [5.74, 6) is 0.939. The van der Waals surface area contributed by atoms with E-state index in [1.165, 1.54) is 16.7 Å². The van der Waals surface area contributed by atoms with Crippen molar-refractivity contribution in [2.45, 2.75) is 26.6 Å². The molecule has 1 aromatic heterocycles. The highest BCUT2D eigenvalue weighted by atomic mass is 15.0. The summed E-state index contributed by atoms with van der Waals surface area (Å²) in [6, 6.07) is 12.7. The number of pyridine rings is 1. The highest BCUT2D eigenvalue weighted by Crippen LogP contribution is 2.17. The molecule has 0 saturated heterocycles. The van der Waals surface area contributed by atoms with Crippen LogP contribution in [-0.2, 0) is 19.6 Å². The summed E-state index contributed by atoms with van der Waals surface area (Å²) in [4.78, 5) is 4.44. The van der Waals surface area contributed by atoms with Crippen LogP contribution in [0.3, 0.4) is 0 Å². The van der Waals surface area contributed by atoms with Gasteiger partial charge in [-0.3, -0.25) is 0 Å². The monoisotopic (exact) mass is 239 g/mol. The molecule has 2 aromatic rings. The maximum atomic E-state index is 4.44. The van der Waals surface area contributed by atoms with Crippen molar-refractivity contribution in [2.75, 3.05) is 5.32 Å². The van der Waals surface area contributed by atoms with Gasteiger partial charge in [0.05, 0.1) is 0 Å². The minimum Gasteiger partial charge on any atom is -0.366 e. The van der Waals surface area contributed by atoms with Crippen LogP contribution >= 0.6 is 0 Å². The number of benzene rings is 1. The van der Waals surface area contributed by atoms with Crippen molar-refractivity contribution in [1.82, 2.24) is 10.3 Å². The quantitative estimate of drug-likeness (QED) is 0.864. The van der Waals surface area contributed by atoms with Crippen molar-refractivity contribution < 1.29 is 0 Å². The van der Waals surface area contributed by atoms with E-state index in [2.05, 4.69) is 33.8 Å². The zero-order valence-corrected chi connectivity index (χ0v) is 10.5. The lowest BCUT2D eigenvalue weighted by molar-refractivity contribution is 0.764. The van der Waals surface area contributed by atoms with Gasteiger partial charge in [0.15, 0.2) is 0 Å². The standard InChI is InChI=1S/C15H17N3/c1-11-3-2-4-15(18-11)17-8-12-5-6-13-9-16-10-14(13)7-12/h2-7,16H,8-10H2,1H3,(H,17,18). The summed E-state index contributed by atoms with van der Waals surface area (Å²) in [7, 11) is 0. The molecule has 1 aliphatic rings. The lowest BCUT2D eigenvalue weighted by Gasteiger charge is -2.07. The third-order valence-electron chi connectivity index (χ3n) is 3.26. The Kier molecular flexibility index (Phi) is 2.99.